The van der Waals surface area contributed by atoms with Gasteiger partial charge in [-0.3, -0.25) is 9.59 Å². The van der Waals surface area contributed by atoms with Crippen LogP contribution in [0.3, 0.4) is 0 Å². The molecule has 2 amide bonds. The summed E-state index contributed by atoms with van der Waals surface area (Å²) in [5.41, 5.74) is 6.39. The van der Waals surface area contributed by atoms with E-state index in [1.54, 1.807) is 12.1 Å². The minimum absolute atomic E-state index is 0.0282. The van der Waals surface area contributed by atoms with Gasteiger partial charge in [0.15, 0.2) is 0 Å². The average Bonchev–Trinajstić information content (AvgIpc) is 3.06. The molecule has 1 saturated carbocycles. The molecule has 4 N–H and O–H groups in total. The second-order valence-electron chi connectivity index (χ2n) is 6.58. The zero-order valence-electron chi connectivity index (χ0n) is 14.4. The molecule has 132 valence electrons. The third-order valence-corrected chi connectivity index (χ3v) is 4.19. The van der Waals surface area contributed by atoms with E-state index < -0.39 is 6.04 Å². The Labute approximate surface area is 143 Å². The molecule has 2 rings (SSSR count). The summed E-state index contributed by atoms with van der Waals surface area (Å²) >= 11 is 0. The molecule has 6 nitrogen and oxygen atoms in total. The molecular weight excluding hydrogens is 306 g/mol. The van der Waals surface area contributed by atoms with Gasteiger partial charge in [-0.05, 0) is 55.9 Å². The summed E-state index contributed by atoms with van der Waals surface area (Å²) in [7, 11) is 0. The van der Waals surface area contributed by atoms with Gasteiger partial charge in [0.2, 0.25) is 11.8 Å². The van der Waals surface area contributed by atoms with Crippen molar-refractivity contribution in [1.29, 1.82) is 0 Å². The molecule has 1 aliphatic rings. The topological polar surface area (TPSA) is 93.5 Å². The maximum absolute atomic E-state index is 11.9. The molecule has 0 aliphatic heterocycles. The first-order valence-electron chi connectivity index (χ1n) is 8.55. The molecule has 1 fully saturated rings. The predicted molar refractivity (Wildman–Crippen MR) is 93.8 cm³/mol. The summed E-state index contributed by atoms with van der Waals surface area (Å²) in [6.07, 6.45) is 4.98. The minimum atomic E-state index is -0.607. The van der Waals surface area contributed by atoms with E-state index in [0.29, 0.717) is 11.8 Å². The molecule has 0 bridgehead atoms. The highest BCUT2D eigenvalue weighted by atomic mass is 16.5. The second kappa shape index (κ2) is 8.68. The SMILES string of the molecule is CC(C)[C@H](N)C(=O)NCC(=O)Nc1ccc(OC2CCCC2)cc1. The Kier molecular flexibility index (Phi) is 6.61. The van der Waals surface area contributed by atoms with Crippen LogP contribution in [0.4, 0.5) is 5.69 Å². The maximum Gasteiger partial charge on any atom is 0.243 e. The number of nitrogens with one attached hydrogen (secondary N) is 2. The van der Waals surface area contributed by atoms with E-state index in [1.807, 2.05) is 26.0 Å². The zero-order valence-corrected chi connectivity index (χ0v) is 14.4. The summed E-state index contributed by atoms with van der Waals surface area (Å²) < 4.78 is 5.88. The molecule has 0 saturated heterocycles. The number of carbonyl (C=O) groups excluding carboxylic acids is 2. The second-order valence-corrected chi connectivity index (χ2v) is 6.58. The lowest BCUT2D eigenvalue weighted by molar-refractivity contribution is -0.125. The minimum Gasteiger partial charge on any atom is -0.490 e. The van der Waals surface area contributed by atoms with Gasteiger partial charge in [0.25, 0.3) is 0 Å². The standard InChI is InChI=1S/C18H27N3O3/c1-12(2)17(19)18(23)20-11-16(22)21-13-7-9-15(10-8-13)24-14-5-3-4-6-14/h7-10,12,14,17H,3-6,11,19H2,1-2H3,(H,20,23)(H,21,22)/t17-/m0/s1. The van der Waals surface area contributed by atoms with E-state index in [2.05, 4.69) is 10.6 Å². The molecule has 6 heteroatoms. The van der Waals surface area contributed by atoms with Gasteiger partial charge in [0.05, 0.1) is 18.7 Å². The molecule has 0 radical (unpaired) electrons. The van der Waals surface area contributed by atoms with Gasteiger partial charge in [0.1, 0.15) is 5.75 Å². The van der Waals surface area contributed by atoms with Gasteiger partial charge in [-0.2, -0.15) is 0 Å². The summed E-state index contributed by atoms with van der Waals surface area (Å²) in [5, 5.41) is 5.28. The summed E-state index contributed by atoms with van der Waals surface area (Å²) in [6, 6.07) is 6.68. The molecule has 0 spiro atoms. The van der Waals surface area contributed by atoms with Crippen LogP contribution in [0, 0.1) is 5.92 Å². The quantitative estimate of drug-likeness (QED) is 0.712. The molecule has 0 heterocycles. The van der Waals surface area contributed by atoms with E-state index in [9.17, 15) is 9.59 Å². The largest absolute Gasteiger partial charge is 0.490 e. The Balaban J connectivity index is 1.76. The molecule has 1 aromatic rings. The van der Waals surface area contributed by atoms with Crippen molar-refractivity contribution in [2.45, 2.75) is 51.7 Å². The zero-order chi connectivity index (χ0) is 17.5. The van der Waals surface area contributed by atoms with Crippen LogP contribution >= 0.6 is 0 Å². The van der Waals surface area contributed by atoms with Gasteiger partial charge in [0, 0.05) is 5.69 Å². The first-order valence-corrected chi connectivity index (χ1v) is 8.55. The monoisotopic (exact) mass is 333 g/mol. The van der Waals surface area contributed by atoms with Crippen LogP contribution in [-0.2, 0) is 9.59 Å². The number of amides is 2. The van der Waals surface area contributed by atoms with Crippen molar-refractivity contribution in [3.8, 4) is 5.75 Å². The van der Waals surface area contributed by atoms with Crippen molar-refractivity contribution in [3.05, 3.63) is 24.3 Å². The number of benzene rings is 1. The first-order chi connectivity index (χ1) is 11.5. The van der Waals surface area contributed by atoms with Crippen LogP contribution in [0.1, 0.15) is 39.5 Å². The fraction of sp³-hybridized carbons (Fsp3) is 0.556. The Morgan fingerprint density at radius 1 is 1.21 bits per heavy atom. The number of hydrogen-bond donors (Lipinski definition) is 3. The molecule has 0 aromatic heterocycles. The van der Waals surface area contributed by atoms with E-state index in [4.69, 9.17) is 10.5 Å². The van der Waals surface area contributed by atoms with Gasteiger partial charge in [-0.15, -0.1) is 0 Å². The molecule has 1 aromatic carbocycles. The fourth-order valence-electron chi connectivity index (χ4n) is 2.61. The van der Waals surface area contributed by atoms with Crippen LogP contribution in [-0.4, -0.2) is 30.5 Å². The maximum atomic E-state index is 11.9. The van der Waals surface area contributed by atoms with Crippen molar-refractivity contribution in [3.63, 3.8) is 0 Å². The lowest BCUT2D eigenvalue weighted by Crippen LogP contribution is -2.46. The lowest BCUT2D eigenvalue weighted by atomic mass is 10.1. The average molecular weight is 333 g/mol. The third-order valence-electron chi connectivity index (χ3n) is 4.19. The van der Waals surface area contributed by atoms with E-state index in [1.165, 1.54) is 12.8 Å². The molecule has 0 unspecified atom stereocenters. The number of hydrogen-bond acceptors (Lipinski definition) is 4. The Morgan fingerprint density at radius 3 is 2.42 bits per heavy atom. The van der Waals surface area contributed by atoms with Gasteiger partial charge < -0.3 is 21.1 Å². The van der Waals surface area contributed by atoms with E-state index >= 15 is 0 Å². The number of anilines is 1. The van der Waals surface area contributed by atoms with Crippen molar-refractivity contribution >= 4 is 17.5 Å². The number of carbonyl (C=O) groups is 2. The van der Waals surface area contributed by atoms with Crippen LogP contribution in [0.5, 0.6) is 5.75 Å². The Morgan fingerprint density at radius 2 is 1.83 bits per heavy atom. The van der Waals surface area contributed by atoms with Crippen molar-refractivity contribution in [2.75, 3.05) is 11.9 Å². The fourth-order valence-corrected chi connectivity index (χ4v) is 2.61. The summed E-state index contributed by atoms with van der Waals surface area (Å²) in [6.45, 7) is 3.62. The Hall–Kier alpha value is -2.08. The number of nitrogens with two attached hydrogens (primary N) is 1. The molecular formula is C18H27N3O3. The molecule has 1 atom stereocenters. The predicted octanol–water partition coefficient (Wildman–Crippen LogP) is 2.05. The highest BCUT2D eigenvalue weighted by Crippen LogP contribution is 2.24. The van der Waals surface area contributed by atoms with Crippen molar-refractivity contribution < 1.29 is 14.3 Å². The van der Waals surface area contributed by atoms with Crippen LogP contribution in [0.15, 0.2) is 24.3 Å². The Bertz CT molecular complexity index is 551. The van der Waals surface area contributed by atoms with Gasteiger partial charge in [-0.25, -0.2) is 0 Å². The molecule has 1 aliphatic carbocycles. The highest BCUT2D eigenvalue weighted by molar-refractivity contribution is 5.95. The van der Waals surface area contributed by atoms with Crippen LogP contribution < -0.4 is 21.1 Å². The highest BCUT2D eigenvalue weighted by Gasteiger charge is 2.18. The van der Waals surface area contributed by atoms with E-state index in [0.717, 1.165) is 18.6 Å². The third kappa shape index (κ3) is 5.53. The van der Waals surface area contributed by atoms with Crippen molar-refractivity contribution in [2.24, 2.45) is 11.7 Å². The van der Waals surface area contributed by atoms with Gasteiger partial charge >= 0.3 is 0 Å². The normalized spacial score (nSPS) is 16.0. The van der Waals surface area contributed by atoms with Gasteiger partial charge in [-0.1, -0.05) is 13.8 Å². The molecule has 24 heavy (non-hydrogen) atoms. The smallest absolute Gasteiger partial charge is 0.243 e. The lowest BCUT2D eigenvalue weighted by Gasteiger charge is -2.15. The summed E-state index contributed by atoms with van der Waals surface area (Å²) in [4.78, 5) is 23.6. The van der Waals surface area contributed by atoms with Crippen LogP contribution in [0.2, 0.25) is 0 Å². The first kappa shape index (κ1) is 18.3. The van der Waals surface area contributed by atoms with Crippen LogP contribution in [0.25, 0.3) is 0 Å². The number of rotatable bonds is 7. The summed E-state index contributed by atoms with van der Waals surface area (Å²) in [5.74, 6) is 0.237. The van der Waals surface area contributed by atoms with E-state index in [-0.39, 0.29) is 24.3 Å². The van der Waals surface area contributed by atoms with Crippen molar-refractivity contribution in [1.82, 2.24) is 5.32 Å². The number of ether oxygens (including phenoxy) is 1.